The predicted octanol–water partition coefficient (Wildman–Crippen LogP) is 4.79. The fraction of sp³-hybridized carbons (Fsp3) is 0.611. The molecule has 0 radical (unpaired) electrons. The van der Waals surface area contributed by atoms with E-state index in [1.807, 2.05) is 4.72 Å². The zero-order chi connectivity index (χ0) is 21.9. The fourth-order valence-electron chi connectivity index (χ4n) is 3.42. The van der Waals surface area contributed by atoms with Crippen molar-refractivity contribution >= 4 is 16.3 Å². The van der Waals surface area contributed by atoms with Gasteiger partial charge in [0.15, 0.2) is 0 Å². The van der Waals surface area contributed by atoms with Gasteiger partial charge in [0.05, 0.1) is 16.0 Å². The van der Waals surface area contributed by atoms with Crippen LogP contribution >= 0.6 is 0 Å². The number of hydrogen-bond acceptors (Lipinski definition) is 3. The molecule has 1 aliphatic carbocycles. The van der Waals surface area contributed by atoms with Crippen LogP contribution in [0.1, 0.15) is 49.7 Å². The average Bonchev–Trinajstić information content (AvgIpc) is 2.64. The van der Waals surface area contributed by atoms with Crippen LogP contribution in [-0.4, -0.2) is 21.2 Å². The van der Waals surface area contributed by atoms with Gasteiger partial charge in [-0.1, -0.05) is 32.1 Å². The van der Waals surface area contributed by atoms with Crippen molar-refractivity contribution in [3.63, 3.8) is 0 Å². The number of carbonyl (C=O) groups excluding carboxylic acids is 1. The van der Waals surface area contributed by atoms with E-state index in [2.05, 4.69) is 0 Å². The molecule has 0 spiro atoms. The van der Waals surface area contributed by atoms with Gasteiger partial charge in [0.2, 0.25) is 10.0 Å². The SMILES string of the molecule is O=CC(CNS(=O)(=O)c1cc(C(F)(F)F)cc(C(F)(F)F)c1)CC1CCCCC1. The number of aldehydes is 1. The van der Waals surface area contributed by atoms with E-state index in [0.717, 1.165) is 32.1 Å². The molecule has 1 N–H and O–H groups in total. The molecule has 1 aromatic carbocycles. The summed E-state index contributed by atoms with van der Waals surface area (Å²) in [6, 6.07) is 0.152. The smallest absolute Gasteiger partial charge is 0.303 e. The molecular weight excluding hydrogens is 424 g/mol. The van der Waals surface area contributed by atoms with Gasteiger partial charge in [-0.25, -0.2) is 13.1 Å². The second-order valence-corrected chi connectivity index (χ2v) is 9.00. The zero-order valence-corrected chi connectivity index (χ0v) is 16.1. The summed E-state index contributed by atoms with van der Waals surface area (Å²) in [5.74, 6) is -0.463. The highest BCUT2D eigenvalue weighted by molar-refractivity contribution is 7.89. The second kappa shape index (κ2) is 9.03. The Morgan fingerprint density at radius 3 is 1.93 bits per heavy atom. The Bertz CT molecular complexity index is 782. The van der Waals surface area contributed by atoms with Crippen molar-refractivity contribution < 1.29 is 39.6 Å². The Hall–Kier alpha value is -1.62. The van der Waals surface area contributed by atoms with Crippen LogP contribution in [-0.2, 0) is 27.2 Å². The molecule has 164 valence electrons. The maximum atomic E-state index is 12.9. The lowest BCUT2D eigenvalue weighted by Gasteiger charge is -2.24. The van der Waals surface area contributed by atoms with Crippen molar-refractivity contribution in [2.24, 2.45) is 11.8 Å². The van der Waals surface area contributed by atoms with Crippen molar-refractivity contribution in [3.8, 4) is 0 Å². The van der Waals surface area contributed by atoms with Crippen LogP contribution in [0.5, 0.6) is 0 Å². The van der Waals surface area contributed by atoms with E-state index >= 15 is 0 Å². The summed E-state index contributed by atoms with van der Waals surface area (Å²) in [6.07, 6.45) is -4.42. The quantitative estimate of drug-likeness (QED) is 0.485. The van der Waals surface area contributed by atoms with E-state index in [-0.39, 0.29) is 30.7 Å². The topological polar surface area (TPSA) is 63.2 Å². The summed E-state index contributed by atoms with van der Waals surface area (Å²) < 4.78 is 104. The van der Waals surface area contributed by atoms with Gasteiger partial charge < -0.3 is 4.79 Å². The van der Waals surface area contributed by atoms with E-state index in [1.54, 1.807) is 0 Å². The number of alkyl halides is 6. The number of rotatable bonds is 7. The number of hydrogen-bond donors (Lipinski definition) is 1. The Morgan fingerprint density at radius 2 is 1.48 bits per heavy atom. The Labute approximate surface area is 164 Å². The lowest BCUT2D eigenvalue weighted by atomic mass is 9.83. The van der Waals surface area contributed by atoms with Gasteiger partial charge in [-0.15, -0.1) is 0 Å². The first kappa shape index (κ1) is 23.7. The van der Waals surface area contributed by atoms with Gasteiger partial charge in [0.25, 0.3) is 0 Å². The molecule has 0 bridgehead atoms. The van der Waals surface area contributed by atoms with Crippen LogP contribution < -0.4 is 4.72 Å². The molecule has 11 heteroatoms. The maximum Gasteiger partial charge on any atom is 0.416 e. The van der Waals surface area contributed by atoms with Crippen molar-refractivity contribution in [1.29, 1.82) is 0 Å². The first-order chi connectivity index (χ1) is 13.3. The highest BCUT2D eigenvalue weighted by atomic mass is 32.2. The molecule has 1 aliphatic rings. The van der Waals surface area contributed by atoms with E-state index in [0.29, 0.717) is 12.7 Å². The Kier molecular flexibility index (Phi) is 7.37. The van der Waals surface area contributed by atoms with Crippen LogP contribution in [0.2, 0.25) is 0 Å². The number of benzene rings is 1. The summed E-state index contributed by atoms with van der Waals surface area (Å²) in [5.41, 5.74) is -3.44. The predicted molar refractivity (Wildman–Crippen MR) is 92.4 cm³/mol. The maximum absolute atomic E-state index is 12.9. The number of sulfonamides is 1. The Balaban J connectivity index is 2.21. The molecule has 2 rings (SSSR count). The van der Waals surface area contributed by atoms with Crippen LogP contribution in [0.15, 0.2) is 23.1 Å². The molecule has 29 heavy (non-hydrogen) atoms. The highest BCUT2D eigenvalue weighted by Gasteiger charge is 2.38. The first-order valence-corrected chi connectivity index (χ1v) is 10.6. The third kappa shape index (κ3) is 6.70. The molecule has 0 aromatic heterocycles. The minimum atomic E-state index is -5.15. The lowest BCUT2D eigenvalue weighted by Crippen LogP contribution is -2.31. The molecule has 4 nitrogen and oxygen atoms in total. The summed E-state index contributed by atoms with van der Waals surface area (Å²) in [5, 5.41) is 0. The fourth-order valence-corrected chi connectivity index (χ4v) is 4.58. The minimum absolute atomic E-state index is 0.143. The molecule has 1 unspecified atom stereocenters. The van der Waals surface area contributed by atoms with Crippen LogP contribution in [0, 0.1) is 11.8 Å². The molecule has 0 saturated heterocycles. The summed E-state index contributed by atoms with van der Waals surface area (Å²) in [6.45, 7) is -0.389. The van der Waals surface area contributed by atoms with Crippen molar-refractivity contribution in [3.05, 3.63) is 29.3 Å². The molecule has 1 fully saturated rings. The summed E-state index contributed by atoms with van der Waals surface area (Å²) >= 11 is 0. The molecule has 1 aromatic rings. The summed E-state index contributed by atoms with van der Waals surface area (Å²) in [4.78, 5) is 10.1. The van der Waals surface area contributed by atoms with Crippen molar-refractivity contribution in [2.75, 3.05) is 6.54 Å². The van der Waals surface area contributed by atoms with Gasteiger partial charge in [0.1, 0.15) is 6.29 Å². The van der Waals surface area contributed by atoms with Gasteiger partial charge in [-0.3, -0.25) is 0 Å². The van der Waals surface area contributed by atoms with E-state index in [9.17, 15) is 39.6 Å². The van der Waals surface area contributed by atoms with E-state index < -0.39 is 44.3 Å². The zero-order valence-electron chi connectivity index (χ0n) is 15.3. The van der Waals surface area contributed by atoms with Gasteiger partial charge >= 0.3 is 12.4 Å². The number of nitrogens with one attached hydrogen (secondary N) is 1. The van der Waals surface area contributed by atoms with E-state index in [1.165, 1.54) is 0 Å². The third-order valence-electron chi connectivity index (χ3n) is 4.96. The minimum Gasteiger partial charge on any atom is -0.303 e. The highest BCUT2D eigenvalue weighted by Crippen LogP contribution is 2.37. The molecule has 1 atom stereocenters. The number of carbonyl (C=O) groups is 1. The average molecular weight is 445 g/mol. The largest absolute Gasteiger partial charge is 0.416 e. The molecule has 0 heterocycles. The monoisotopic (exact) mass is 445 g/mol. The lowest BCUT2D eigenvalue weighted by molar-refractivity contribution is -0.143. The van der Waals surface area contributed by atoms with E-state index in [4.69, 9.17) is 0 Å². The summed E-state index contributed by atoms with van der Waals surface area (Å²) in [7, 11) is -4.68. The third-order valence-corrected chi connectivity index (χ3v) is 6.36. The second-order valence-electron chi connectivity index (χ2n) is 7.23. The van der Waals surface area contributed by atoms with Crippen molar-refractivity contribution in [2.45, 2.75) is 55.8 Å². The van der Waals surface area contributed by atoms with Gasteiger partial charge in [-0.05, 0) is 30.5 Å². The Morgan fingerprint density at radius 1 is 0.966 bits per heavy atom. The normalized spacial score (nSPS) is 17.9. The molecule has 0 amide bonds. The van der Waals surface area contributed by atoms with Gasteiger partial charge in [-0.2, -0.15) is 26.3 Å². The standard InChI is InChI=1S/C18H21F6NO3S/c19-17(20,21)14-7-15(18(22,23)24)9-16(8-14)29(27,28)25-10-13(11-26)6-12-4-2-1-3-5-12/h7-9,11-13,25H,1-6,10H2. The van der Waals surface area contributed by atoms with Crippen LogP contribution in [0.3, 0.4) is 0 Å². The van der Waals surface area contributed by atoms with Crippen LogP contribution in [0.25, 0.3) is 0 Å². The van der Waals surface area contributed by atoms with Gasteiger partial charge in [0, 0.05) is 12.5 Å². The first-order valence-electron chi connectivity index (χ1n) is 9.07. The van der Waals surface area contributed by atoms with Crippen molar-refractivity contribution in [1.82, 2.24) is 4.72 Å². The van der Waals surface area contributed by atoms with Crippen LogP contribution in [0.4, 0.5) is 26.3 Å². The molecule has 1 saturated carbocycles. The molecule has 0 aliphatic heterocycles. The molecular formula is C18H21F6NO3S. The number of halogens is 6.